The van der Waals surface area contributed by atoms with E-state index >= 15 is 0 Å². The number of para-hydroxylation sites is 1. The Labute approximate surface area is 170 Å². The van der Waals surface area contributed by atoms with Gasteiger partial charge < -0.3 is 19.9 Å². The minimum atomic E-state index is -1.09. The molecule has 3 rings (SSSR count). The van der Waals surface area contributed by atoms with Gasteiger partial charge in [0, 0.05) is 0 Å². The topological polar surface area (TPSA) is 97.2 Å². The van der Waals surface area contributed by atoms with Crippen molar-refractivity contribution >= 4 is 52.2 Å². The second kappa shape index (κ2) is 8.81. The SMILES string of the molecule is COc1cc(C=C2SC(=Nc3ccccc3Cl)NC2=O)ccc1OCC(=O)O. The number of benzene rings is 2. The lowest BCUT2D eigenvalue weighted by molar-refractivity contribution is -0.139. The number of rotatable bonds is 6. The van der Waals surface area contributed by atoms with E-state index in [4.69, 9.17) is 26.2 Å². The van der Waals surface area contributed by atoms with Gasteiger partial charge in [0.25, 0.3) is 5.91 Å². The molecule has 0 aliphatic carbocycles. The number of methoxy groups -OCH3 is 1. The van der Waals surface area contributed by atoms with E-state index in [1.165, 1.54) is 18.9 Å². The minimum Gasteiger partial charge on any atom is -0.493 e. The first-order chi connectivity index (χ1) is 13.5. The second-order valence-corrected chi connectivity index (χ2v) is 6.96. The molecule has 0 atom stereocenters. The third-order valence-corrected chi connectivity index (χ3v) is 4.79. The van der Waals surface area contributed by atoms with Crippen LogP contribution in [0.15, 0.2) is 52.4 Å². The first-order valence-electron chi connectivity index (χ1n) is 8.03. The maximum Gasteiger partial charge on any atom is 0.341 e. The number of carbonyl (C=O) groups is 2. The van der Waals surface area contributed by atoms with Crippen molar-refractivity contribution < 1.29 is 24.2 Å². The molecule has 0 bridgehead atoms. The molecule has 144 valence electrons. The van der Waals surface area contributed by atoms with Crippen molar-refractivity contribution in [2.75, 3.05) is 13.7 Å². The summed E-state index contributed by atoms with van der Waals surface area (Å²) in [5.41, 5.74) is 1.26. The van der Waals surface area contributed by atoms with E-state index in [-0.39, 0.29) is 5.91 Å². The van der Waals surface area contributed by atoms with E-state index in [1.54, 1.807) is 42.5 Å². The summed E-state index contributed by atoms with van der Waals surface area (Å²) in [4.78, 5) is 27.7. The van der Waals surface area contributed by atoms with Crippen LogP contribution < -0.4 is 14.8 Å². The quantitative estimate of drug-likeness (QED) is 0.694. The monoisotopic (exact) mass is 418 g/mol. The van der Waals surface area contributed by atoms with Crippen molar-refractivity contribution in [1.82, 2.24) is 5.32 Å². The van der Waals surface area contributed by atoms with Gasteiger partial charge in [-0.05, 0) is 47.7 Å². The van der Waals surface area contributed by atoms with Crippen LogP contribution in [0.1, 0.15) is 5.56 Å². The summed E-state index contributed by atoms with van der Waals surface area (Å²) in [5.74, 6) is -0.695. The molecule has 0 saturated carbocycles. The molecule has 0 radical (unpaired) electrons. The number of amides is 1. The van der Waals surface area contributed by atoms with Crippen molar-refractivity contribution in [2.45, 2.75) is 0 Å². The zero-order chi connectivity index (χ0) is 20.1. The lowest BCUT2D eigenvalue weighted by Crippen LogP contribution is -2.19. The summed E-state index contributed by atoms with van der Waals surface area (Å²) in [6, 6.07) is 12.0. The van der Waals surface area contributed by atoms with Crippen LogP contribution in [0.25, 0.3) is 6.08 Å². The highest BCUT2D eigenvalue weighted by Crippen LogP contribution is 2.33. The highest BCUT2D eigenvalue weighted by Gasteiger charge is 2.24. The number of halogens is 1. The average molecular weight is 419 g/mol. The number of amidine groups is 1. The van der Waals surface area contributed by atoms with Crippen LogP contribution >= 0.6 is 23.4 Å². The van der Waals surface area contributed by atoms with Gasteiger partial charge in [-0.25, -0.2) is 9.79 Å². The Balaban J connectivity index is 1.80. The molecule has 28 heavy (non-hydrogen) atoms. The number of ether oxygens (including phenoxy) is 2. The first-order valence-corrected chi connectivity index (χ1v) is 9.22. The van der Waals surface area contributed by atoms with Crippen LogP contribution in [-0.4, -0.2) is 35.9 Å². The van der Waals surface area contributed by atoms with Gasteiger partial charge in [-0.3, -0.25) is 4.79 Å². The number of hydrogen-bond donors (Lipinski definition) is 2. The molecule has 1 aliphatic rings. The molecule has 1 aliphatic heterocycles. The Morgan fingerprint density at radius 3 is 2.79 bits per heavy atom. The normalized spacial score (nSPS) is 16.3. The molecular formula is C19H15ClN2O5S. The minimum absolute atomic E-state index is 0.277. The maximum absolute atomic E-state index is 12.2. The van der Waals surface area contributed by atoms with Crippen LogP contribution in [0.5, 0.6) is 11.5 Å². The summed E-state index contributed by atoms with van der Waals surface area (Å²) in [5, 5.41) is 12.3. The number of carboxylic acids is 1. The van der Waals surface area contributed by atoms with E-state index in [0.29, 0.717) is 37.8 Å². The smallest absolute Gasteiger partial charge is 0.341 e. The Hall–Kier alpha value is -2.97. The molecule has 0 unspecified atom stereocenters. The van der Waals surface area contributed by atoms with Gasteiger partial charge in [-0.1, -0.05) is 29.8 Å². The van der Waals surface area contributed by atoms with E-state index in [9.17, 15) is 9.59 Å². The number of nitrogens with zero attached hydrogens (tertiary/aromatic N) is 1. The number of hydrogen-bond acceptors (Lipinski definition) is 6. The number of aliphatic imine (C=N–C) groups is 1. The molecule has 1 amide bonds. The van der Waals surface area contributed by atoms with Crippen LogP contribution in [0, 0.1) is 0 Å². The number of carbonyl (C=O) groups excluding carboxylic acids is 1. The molecule has 9 heteroatoms. The van der Waals surface area contributed by atoms with Gasteiger partial charge in [0.15, 0.2) is 23.3 Å². The van der Waals surface area contributed by atoms with E-state index in [2.05, 4.69) is 10.3 Å². The predicted molar refractivity (Wildman–Crippen MR) is 108 cm³/mol. The summed E-state index contributed by atoms with van der Waals surface area (Å²) in [7, 11) is 1.45. The van der Waals surface area contributed by atoms with Crippen molar-refractivity contribution in [3.05, 3.63) is 58.0 Å². The van der Waals surface area contributed by atoms with Crippen LogP contribution in [0.2, 0.25) is 5.02 Å². The van der Waals surface area contributed by atoms with Crippen molar-refractivity contribution in [1.29, 1.82) is 0 Å². The van der Waals surface area contributed by atoms with Gasteiger partial charge in [0.2, 0.25) is 0 Å². The molecule has 1 saturated heterocycles. The standard InChI is InChI=1S/C19H15ClN2O5S/c1-26-15-8-11(6-7-14(15)27-10-17(23)24)9-16-18(25)22-19(28-16)21-13-5-3-2-4-12(13)20/h2-9H,10H2,1H3,(H,23,24)(H,21,22,25). The molecule has 0 aromatic heterocycles. The molecule has 2 aromatic carbocycles. The van der Waals surface area contributed by atoms with Crippen molar-refractivity contribution in [3.8, 4) is 11.5 Å². The zero-order valence-corrected chi connectivity index (χ0v) is 16.2. The van der Waals surface area contributed by atoms with Crippen molar-refractivity contribution in [2.24, 2.45) is 4.99 Å². The molecule has 2 N–H and O–H groups in total. The molecule has 1 heterocycles. The van der Waals surface area contributed by atoms with Crippen LogP contribution in [0.4, 0.5) is 5.69 Å². The van der Waals surface area contributed by atoms with Gasteiger partial charge in [0.05, 0.1) is 22.7 Å². The Bertz CT molecular complexity index is 990. The van der Waals surface area contributed by atoms with Gasteiger partial charge >= 0.3 is 5.97 Å². The number of thioether (sulfide) groups is 1. The lowest BCUT2D eigenvalue weighted by Gasteiger charge is -2.09. The molecule has 2 aromatic rings. The summed E-state index contributed by atoms with van der Waals surface area (Å²) in [6.07, 6.45) is 1.68. The lowest BCUT2D eigenvalue weighted by atomic mass is 10.2. The summed E-state index contributed by atoms with van der Waals surface area (Å²) < 4.78 is 10.4. The third-order valence-electron chi connectivity index (χ3n) is 3.56. The van der Waals surface area contributed by atoms with Gasteiger partial charge in [0.1, 0.15) is 0 Å². The number of aliphatic carboxylic acids is 1. The fraction of sp³-hybridized carbons (Fsp3) is 0.105. The van der Waals surface area contributed by atoms with Gasteiger partial charge in [-0.15, -0.1) is 0 Å². The van der Waals surface area contributed by atoms with E-state index < -0.39 is 12.6 Å². The fourth-order valence-electron chi connectivity index (χ4n) is 2.32. The predicted octanol–water partition coefficient (Wildman–Crippen LogP) is 3.70. The largest absolute Gasteiger partial charge is 0.493 e. The first kappa shape index (κ1) is 19.8. The third kappa shape index (κ3) is 4.85. The van der Waals surface area contributed by atoms with Gasteiger partial charge in [-0.2, -0.15) is 0 Å². The summed E-state index contributed by atoms with van der Waals surface area (Å²) in [6.45, 7) is -0.475. The Kier molecular flexibility index (Phi) is 6.23. The summed E-state index contributed by atoms with van der Waals surface area (Å²) >= 11 is 7.28. The molecule has 0 spiro atoms. The molecule has 1 fully saturated rings. The highest BCUT2D eigenvalue weighted by atomic mass is 35.5. The zero-order valence-electron chi connectivity index (χ0n) is 14.6. The van der Waals surface area contributed by atoms with Crippen LogP contribution in [0.3, 0.4) is 0 Å². The van der Waals surface area contributed by atoms with Crippen molar-refractivity contribution in [3.63, 3.8) is 0 Å². The fourth-order valence-corrected chi connectivity index (χ4v) is 3.33. The number of carboxylic acid groups (broad SMARTS) is 1. The molecule has 7 nitrogen and oxygen atoms in total. The van der Waals surface area contributed by atoms with E-state index in [0.717, 1.165) is 0 Å². The Morgan fingerprint density at radius 2 is 2.07 bits per heavy atom. The molecular weight excluding hydrogens is 404 g/mol. The number of nitrogens with one attached hydrogen (secondary N) is 1. The highest BCUT2D eigenvalue weighted by molar-refractivity contribution is 8.18. The second-order valence-electron chi connectivity index (χ2n) is 5.53. The van der Waals surface area contributed by atoms with Crippen LogP contribution in [-0.2, 0) is 9.59 Å². The average Bonchev–Trinajstić information content (AvgIpc) is 3.01. The maximum atomic E-state index is 12.2. The Morgan fingerprint density at radius 1 is 1.29 bits per heavy atom. The van der Waals surface area contributed by atoms with E-state index in [1.807, 2.05) is 6.07 Å².